The molecule has 5 rings (SSSR count). The van der Waals surface area contributed by atoms with Gasteiger partial charge in [0.2, 0.25) is 5.91 Å². The number of fused-ring (bicyclic) bond motifs is 3. The maximum atomic E-state index is 13.5. The van der Waals surface area contributed by atoms with Gasteiger partial charge >= 0.3 is 0 Å². The molecule has 0 saturated carbocycles. The summed E-state index contributed by atoms with van der Waals surface area (Å²) in [6.45, 7) is 4.91. The molecule has 4 aromatic rings. The van der Waals surface area contributed by atoms with E-state index in [-0.39, 0.29) is 23.8 Å². The number of likely N-dealkylation sites (tertiary alicyclic amines) is 1. The van der Waals surface area contributed by atoms with Gasteiger partial charge < -0.3 is 9.88 Å². The lowest BCUT2D eigenvalue weighted by Crippen LogP contribution is -2.43. The van der Waals surface area contributed by atoms with Gasteiger partial charge in [0.25, 0.3) is 5.56 Å². The van der Waals surface area contributed by atoms with Gasteiger partial charge in [-0.2, -0.15) is 5.10 Å². The summed E-state index contributed by atoms with van der Waals surface area (Å²) in [5, 5.41) is 8.90. The second-order valence-corrected chi connectivity index (χ2v) is 9.33. The summed E-state index contributed by atoms with van der Waals surface area (Å²) in [5.41, 5.74) is 1.94. The van der Waals surface area contributed by atoms with E-state index >= 15 is 0 Å². The third-order valence-electron chi connectivity index (χ3n) is 6.98. The minimum absolute atomic E-state index is 0.137. The first-order chi connectivity index (χ1) is 17.0. The maximum Gasteiger partial charge on any atom is 0.291 e. The zero-order valence-electron chi connectivity index (χ0n) is 19.9. The molecule has 0 aliphatic carbocycles. The van der Waals surface area contributed by atoms with Gasteiger partial charge in [-0.25, -0.2) is 9.07 Å². The number of halogens is 1. The number of aromatic nitrogens is 3. The van der Waals surface area contributed by atoms with Crippen molar-refractivity contribution < 1.29 is 9.18 Å². The quantitative estimate of drug-likeness (QED) is 0.444. The van der Waals surface area contributed by atoms with E-state index in [1.54, 1.807) is 18.3 Å². The van der Waals surface area contributed by atoms with Crippen molar-refractivity contribution in [2.75, 3.05) is 19.6 Å². The molecule has 1 aliphatic rings. The van der Waals surface area contributed by atoms with Gasteiger partial charge in [-0.1, -0.05) is 36.8 Å². The summed E-state index contributed by atoms with van der Waals surface area (Å²) >= 11 is 0. The number of para-hydroxylation sites is 1. The number of piperidine rings is 1. The molecule has 0 unspecified atom stereocenters. The van der Waals surface area contributed by atoms with E-state index < -0.39 is 0 Å². The van der Waals surface area contributed by atoms with Crippen LogP contribution < -0.4 is 10.9 Å². The largest absolute Gasteiger partial charge is 0.353 e. The molecule has 182 valence electrons. The first kappa shape index (κ1) is 23.2. The van der Waals surface area contributed by atoms with Crippen LogP contribution in [0.4, 0.5) is 4.39 Å². The Bertz CT molecular complexity index is 1410. The van der Waals surface area contributed by atoms with Crippen LogP contribution in [0, 0.1) is 5.82 Å². The summed E-state index contributed by atoms with van der Waals surface area (Å²) in [5.74, 6) is -0.534. The number of amides is 1. The predicted molar refractivity (Wildman–Crippen MR) is 135 cm³/mol. The van der Waals surface area contributed by atoms with Crippen molar-refractivity contribution in [1.82, 2.24) is 24.6 Å². The number of nitrogens with zero attached hydrogens (tertiary/aromatic N) is 4. The normalized spacial score (nSPS) is 16.7. The Balaban J connectivity index is 1.39. The van der Waals surface area contributed by atoms with E-state index in [2.05, 4.69) is 22.2 Å². The van der Waals surface area contributed by atoms with Gasteiger partial charge in [0.05, 0.1) is 6.20 Å². The highest BCUT2D eigenvalue weighted by Gasteiger charge is 2.19. The average molecular weight is 476 g/mol. The van der Waals surface area contributed by atoms with Gasteiger partial charge in [-0.3, -0.25) is 14.5 Å². The van der Waals surface area contributed by atoms with Crippen LogP contribution in [0.5, 0.6) is 0 Å². The highest BCUT2D eigenvalue weighted by Crippen LogP contribution is 2.27. The van der Waals surface area contributed by atoms with Crippen LogP contribution in [-0.2, 0) is 17.9 Å². The zero-order chi connectivity index (χ0) is 24.4. The fourth-order valence-electron chi connectivity index (χ4n) is 5.06. The summed E-state index contributed by atoms with van der Waals surface area (Å²) in [7, 11) is 0. The van der Waals surface area contributed by atoms with Crippen LogP contribution in [0.15, 0.2) is 59.5 Å². The molecule has 1 N–H and O–H groups in total. The molecule has 1 saturated heterocycles. The summed E-state index contributed by atoms with van der Waals surface area (Å²) in [6.07, 6.45) is 5.31. The molecule has 2 aromatic carbocycles. The highest BCUT2D eigenvalue weighted by molar-refractivity contribution is 6.07. The molecule has 1 fully saturated rings. The Morgan fingerprint density at radius 1 is 1.11 bits per heavy atom. The molecule has 1 aliphatic heterocycles. The fourth-order valence-corrected chi connectivity index (χ4v) is 5.06. The molecule has 0 radical (unpaired) electrons. The number of benzene rings is 2. The Kier molecular flexibility index (Phi) is 6.63. The molecular weight excluding hydrogens is 445 g/mol. The van der Waals surface area contributed by atoms with E-state index in [1.165, 1.54) is 36.1 Å². The third-order valence-corrected chi connectivity index (χ3v) is 6.98. The van der Waals surface area contributed by atoms with Crippen molar-refractivity contribution in [2.24, 2.45) is 0 Å². The highest BCUT2D eigenvalue weighted by atomic mass is 19.1. The minimum atomic E-state index is -0.319. The van der Waals surface area contributed by atoms with Crippen LogP contribution in [0.25, 0.3) is 21.8 Å². The molecule has 0 spiro atoms. The number of hydrogen-bond acceptors (Lipinski definition) is 4. The molecule has 1 amide bonds. The molecule has 35 heavy (non-hydrogen) atoms. The molecular formula is C27H30FN5O2. The lowest BCUT2D eigenvalue weighted by Gasteiger charge is -2.33. The SMILES string of the molecule is C[C@@H]1CCCCN1CCNC(=O)Cn1ncc2c3ccccc3n(Cc3ccc(F)cc3)c2c1=O. The van der Waals surface area contributed by atoms with Crippen LogP contribution in [0.1, 0.15) is 31.7 Å². The fraction of sp³-hybridized carbons (Fsp3) is 0.370. The molecule has 3 heterocycles. The van der Waals surface area contributed by atoms with Crippen molar-refractivity contribution in [1.29, 1.82) is 0 Å². The number of carbonyl (C=O) groups excluding carboxylic acids is 1. The van der Waals surface area contributed by atoms with Crippen LogP contribution >= 0.6 is 0 Å². The van der Waals surface area contributed by atoms with Crippen LogP contribution in [0.3, 0.4) is 0 Å². The third kappa shape index (κ3) is 4.84. The average Bonchev–Trinajstić information content (AvgIpc) is 3.17. The van der Waals surface area contributed by atoms with Crippen LogP contribution in [-0.4, -0.2) is 50.8 Å². The Hall–Kier alpha value is -3.52. The molecule has 7 nitrogen and oxygen atoms in total. The molecule has 8 heteroatoms. The molecule has 2 aromatic heterocycles. The van der Waals surface area contributed by atoms with Crippen molar-refractivity contribution in [2.45, 2.75) is 45.3 Å². The van der Waals surface area contributed by atoms with Crippen molar-refractivity contribution in [3.8, 4) is 0 Å². The first-order valence-electron chi connectivity index (χ1n) is 12.2. The van der Waals surface area contributed by atoms with Crippen molar-refractivity contribution in [3.63, 3.8) is 0 Å². The molecule has 0 bridgehead atoms. The number of carbonyl (C=O) groups is 1. The van der Waals surface area contributed by atoms with Gasteiger partial charge in [0.15, 0.2) is 0 Å². The van der Waals surface area contributed by atoms with Crippen LogP contribution in [0.2, 0.25) is 0 Å². The Morgan fingerprint density at radius 2 is 1.91 bits per heavy atom. The zero-order valence-corrected chi connectivity index (χ0v) is 19.9. The monoisotopic (exact) mass is 475 g/mol. The van der Waals surface area contributed by atoms with Gasteiger partial charge in [0, 0.05) is 42.0 Å². The van der Waals surface area contributed by atoms with E-state index in [4.69, 9.17) is 0 Å². The summed E-state index contributed by atoms with van der Waals surface area (Å²) < 4.78 is 16.6. The second kappa shape index (κ2) is 10.00. The lowest BCUT2D eigenvalue weighted by molar-refractivity contribution is -0.122. The number of rotatable bonds is 7. The Morgan fingerprint density at radius 3 is 2.71 bits per heavy atom. The number of hydrogen-bond donors (Lipinski definition) is 1. The molecule has 1 atom stereocenters. The van der Waals surface area contributed by atoms with E-state index in [0.717, 1.165) is 34.9 Å². The predicted octanol–water partition coefficient (Wildman–Crippen LogP) is 3.53. The maximum absolute atomic E-state index is 13.5. The smallest absolute Gasteiger partial charge is 0.291 e. The Labute approximate surface area is 203 Å². The van der Waals surface area contributed by atoms with Crippen molar-refractivity contribution in [3.05, 3.63) is 76.5 Å². The lowest BCUT2D eigenvalue weighted by atomic mass is 10.0. The first-order valence-corrected chi connectivity index (χ1v) is 12.2. The minimum Gasteiger partial charge on any atom is -0.353 e. The topological polar surface area (TPSA) is 72.2 Å². The second-order valence-electron chi connectivity index (χ2n) is 9.33. The summed E-state index contributed by atoms with van der Waals surface area (Å²) in [6, 6.07) is 14.6. The standard InChI is InChI=1S/C27H30FN5O2/c1-19-6-4-5-14-31(19)15-13-29-25(34)18-33-27(35)26-23(16-30-33)22-7-2-3-8-24(22)32(26)17-20-9-11-21(28)12-10-20/h2-3,7-12,16,19H,4-6,13-15,17-18H2,1H3,(H,29,34)/t19-/m1/s1. The summed E-state index contributed by atoms with van der Waals surface area (Å²) in [4.78, 5) is 28.5. The number of nitrogens with one attached hydrogen (secondary N) is 1. The van der Waals surface area contributed by atoms with E-state index in [9.17, 15) is 14.0 Å². The van der Waals surface area contributed by atoms with E-state index in [0.29, 0.717) is 24.6 Å². The van der Waals surface area contributed by atoms with Crippen molar-refractivity contribution >= 4 is 27.7 Å². The van der Waals surface area contributed by atoms with Gasteiger partial charge in [-0.05, 0) is 50.1 Å². The van der Waals surface area contributed by atoms with E-state index in [1.807, 2.05) is 28.8 Å². The van der Waals surface area contributed by atoms with Gasteiger partial charge in [-0.15, -0.1) is 0 Å². The van der Waals surface area contributed by atoms with Gasteiger partial charge in [0.1, 0.15) is 17.9 Å².